The molecule has 7 rings (SSSR count). The molecular formula is C36H30N2O6S. The lowest BCUT2D eigenvalue weighted by molar-refractivity contribution is -0.132. The van der Waals surface area contributed by atoms with Gasteiger partial charge in [0.1, 0.15) is 35.7 Å². The van der Waals surface area contributed by atoms with E-state index in [9.17, 15) is 14.7 Å². The molecule has 5 aromatic rings. The zero-order valence-corrected chi connectivity index (χ0v) is 25.5. The number of ketones is 1. The fraction of sp³-hybridized carbons (Fsp3) is 0.194. The molecule has 2 aliphatic heterocycles. The van der Waals surface area contributed by atoms with Crippen molar-refractivity contribution in [2.45, 2.75) is 39.0 Å². The molecule has 45 heavy (non-hydrogen) atoms. The SMILES string of the molecule is CCOc1ccc2nc(N3C(=O)C(=O)/C(=C(/O)c4ccc5c(c4)C[C@@H](C)O5)[C@@H]3c3cccc(OCc4ccccc4)c3)sc2c1. The van der Waals surface area contributed by atoms with Gasteiger partial charge in [0.15, 0.2) is 5.13 Å². The monoisotopic (exact) mass is 618 g/mol. The Balaban J connectivity index is 1.34. The largest absolute Gasteiger partial charge is 0.507 e. The Bertz CT molecular complexity index is 1970. The second-order valence-electron chi connectivity index (χ2n) is 11.0. The zero-order valence-electron chi connectivity index (χ0n) is 24.7. The first-order valence-corrected chi connectivity index (χ1v) is 15.6. The van der Waals surface area contributed by atoms with Crippen LogP contribution in [0.15, 0.2) is 96.6 Å². The van der Waals surface area contributed by atoms with E-state index >= 15 is 0 Å². The number of anilines is 1. The molecule has 8 nitrogen and oxygen atoms in total. The van der Waals surface area contributed by atoms with Gasteiger partial charge in [-0.15, -0.1) is 0 Å². The van der Waals surface area contributed by atoms with Crippen LogP contribution >= 0.6 is 11.3 Å². The Hall–Kier alpha value is -5.15. The van der Waals surface area contributed by atoms with Crippen LogP contribution in [0.5, 0.6) is 17.2 Å². The Morgan fingerprint density at radius 2 is 1.80 bits per heavy atom. The van der Waals surface area contributed by atoms with Gasteiger partial charge in [-0.05, 0) is 79.1 Å². The molecule has 1 amide bonds. The van der Waals surface area contributed by atoms with Crippen molar-refractivity contribution in [1.29, 1.82) is 0 Å². The number of ether oxygens (including phenoxy) is 3. The van der Waals surface area contributed by atoms with Crippen molar-refractivity contribution in [3.05, 3.63) is 119 Å². The van der Waals surface area contributed by atoms with E-state index in [0.717, 1.165) is 21.6 Å². The normalized spacial score (nSPS) is 18.7. The molecule has 0 spiro atoms. The molecule has 1 fully saturated rings. The minimum absolute atomic E-state index is 0.0126. The molecule has 226 valence electrons. The molecule has 0 aliphatic carbocycles. The topological polar surface area (TPSA) is 98.2 Å². The highest BCUT2D eigenvalue weighted by molar-refractivity contribution is 7.22. The number of aromatic nitrogens is 1. The van der Waals surface area contributed by atoms with Gasteiger partial charge < -0.3 is 19.3 Å². The lowest BCUT2D eigenvalue weighted by atomic mass is 9.94. The van der Waals surface area contributed by atoms with E-state index in [-0.39, 0.29) is 17.4 Å². The number of hydrogen-bond donors (Lipinski definition) is 1. The lowest BCUT2D eigenvalue weighted by Gasteiger charge is -2.23. The smallest absolute Gasteiger partial charge is 0.301 e. The first kappa shape index (κ1) is 28.6. The second kappa shape index (κ2) is 11.7. The van der Waals surface area contributed by atoms with E-state index in [4.69, 9.17) is 19.2 Å². The standard InChI is InChI=1S/C36H30N2O6S/c1-3-42-27-13-14-28-30(19-27)45-36(37-28)38-32(23-10-7-11-26(18-23)43-20-22-8-5-4-6-9-22)31(34(40)35(38)41)33(39)24-12-15-29-25(17-24)16-21(2)44-29/h4-15,17-19,21,32,39H,3,16,20H2,1-2H3/b33-31+/t21-,32+/m1/s1. The number of nitrogens with zero attached hydrogens (tertiary/aromatic N) is 2. The third-order valence-corrected chi connectivity index (χ3v) is 8.92. The van der Waals surface area contributed by atoms with Gasteiger partial charge in [-0.25, -0.2) is 4.98 Å². The Labute approximate surface area is 264 Å². The minimum Gasteiger partial charge on any atom is -0.507 e. The predicted octanol–water partition coefficient (Wildman–Crippen LogP) is 7.22. The summed E-state index contributed by atoms with van der Waals surface area (Å²) < 4.78 is 18.4. The van der Waals surface area contributed by atoms with Crippen LogP contribution in [0, 0.1) is 0 Å². The molecule has 3 heterocycles. The Morgan fingerprint density at radius 1 is 0.978 bits per heavy atom. The van der Waals surface area contributed by atoms with Crippen molar-refractivity contribution in [3.8, 4) is 17.2 Å². The van der Waals surface area contributed by atoms with Crippen LogP contribution in [-0.2, 0) is 22.6 Å². The number of hydrogen-bond acceptors (Lipinski definition) is 8. The van der Waals surface area contributed by atoms with Crippen molar-refractivity contribution in [3.63, 3.8) is 0 Å². The summed E-state index contributed by atoms with van der Waals surface area (Å²) in [6, 6.07) is 27.0. The van der Waals surface area contributed by atoms with Crippen LogP contribution in [-0.4, -0.2) is 34.5 Å². The summed E-state index contributed by atoms with van der Waals surface area (Å²) >= 11 is 1.29. The average molecular weight is 619 g/mol. The zero-order chi connectivity index (χ0) is 31.1. The van der Waals surface area contributed by atoms with Crippen LogP contribution in [0.1, 0.15) is 42.1 Å². The molecule has 2 atom stereocenters. The highest BCUT2D eigenvalue weighted by Gasteiger charge is 2.48. The quantitative estimate of drug-likeness (QED) is 0.111. The summed E-state index contributed by atoms with van der Waals surface area (Å²) in [7, 11) is 0. The predicted molar refractivity (Wildman–Crippen MR) is 173 cm³/mol. The summed E-state index contributed by atoms with van der Waals surface area (Å²) in [6.07, 6.45) is 0.702. The Kier molecular flexibility index (Phi) is 7.47. The minimum atomic E-state index is -0.944. The summed E-state index contributed by atoms with van der Waals surface area (Å²) in [6.45, 7) is 4.75. The molecule has 1 N–H and O–H groups in total. The fourth-order valence-corrected chi connectivity index (χ4v) is 6.86. The molecular weight excluding hydrogens is 588 g/mol. The highest BCUT2D eigenvalue weighted by Crippen LogP contribution is 2.45. The van der Waals surface area contributed by atoms with E-state index in [0.29, 0.717) is 52.9 Å². The van der Waals surface area contributed by atoms with Crippen LogP contribution in [0.4, 0.5) is 5.13 Å². The van der Waals surface area contributed by atoms with Crippen molar-refractivity contribution >= 4 is 44.1 Å². The molecule has 1 aromatic heterocycles. The summed E-state index contributed by atoms with van der Waals surface area (Å²) in [5, 5.41) is 12.1. The number of benzene rings is 4. The number of Topliss-reactive ketones (excluding diaryl/α,β-unsaturated/α-hetero) is 1. The van der Waals surface area contributed by atoms with Gasteiger partial charge >= 0.3 is 5.91 Å². The number of amides is 1. The van der Waals surface area contributed by atoms with Crippen LogP contribution in [0.2, 0.25) is 0 Å². The summed E-state index contributed by atoms with van der Waals surface area (Å²) in [5.74, 6) is 0.207. The van der Waals surface area contributed by atoms with Gasteiger partial charge in [-0.1, -0.05) is 53.8 Å². The van der Waals surface area contributed by atoms with Gasteiger partial charge in [-0.2, -0.15) is 0 Å². The van der Waals surface area contributed by atoms with Crippen LogP contribution in [0.25, 0.3) is 16.0 Å². The van der Waals surface area contributed by atoms with Crippen molar-refractivity contribution in [2.75, 3.05) is 11.5 Å². The van der Waals surface area contributed by atoms with E-state index in [1.54, 1.807) is 18.2 Å². The maximum atomic E-state index is 13.8. The van der Waals surface area contributed by atoms with Gasteiger partial charge in [0.25, 0.3) is 5.78 Å². The second-order valence-corrected chi connectivity index (χ2v) is 12.0. The Morgan fingerprint density at radius 3 is 2.62 bits per heavy atom. The third kappa shape index (κ3) is 5.40. The van der Waals surface area contributed by atoms with Crippen molar-refractivity contribution in [1.82, 2.24) is 4.98 Å². The van der Waals surface area contributed by atoms with E-state index in [2.05, 4.69) is 0 Å². The number of aliphatic hydroxyl groups is 1. The molecule has 9 heteroatoms. The number of fused-ring (bicyclic) bond motifs is 2. The van der Waals surface area contributed by atoms with E-state index in [1.165, 1.54) is 16.2 Å². The first-order valence-electron chi connectivity index (χ1n) is 14.8. The van der Waals surface area contributed by atoms with E-state index in [1.807, 2.05) is 86.6 Å². The molecule has 2 aliphatic rings. The first-order chi connectivity index (χ1) is 21.9. The molecule has 0 unspecified atom stereocenters. The highest BCUT2D eigenvalue weighted by atomic mass is 32.1. The maximum absolute atomic E-state index is 13.8. The number of carbonyl (C=O) groups is 2. The van der Waals surface area contributed by atoms with E-state index < -0.39 is 17.7 Å². The number of thiazole rings is 1. The average Bonchev–Trinajstić information content (AvgIpc) is 3.72. The van der Waals surface area contributed by atoms with Gasteiger partial charge in [0.05, 0.1) is 28.4 Å². The van der Waals surface area contributed by atoms with Gasteiger partial charge in [-0.3, -0.25) is 14.5 Å². The molecule has 4 aromatic carbocycles. The van der Waals surface area contributed by atoms with Crippen molar-refractivity contribution < 1.29 is 28.9 Å². The summed E-state index contributed by atoms with van der Waals surface area (Å²) in [5.41, 5.74) is 3.65. The molecule has 0 bridgehead atoms. The number of aliphatic hydroxyl groups excluding tert-OH is 1. The fourth-order valence-electron chi connectivity index (χ4n) is 5.84. The lowest BCUT2D eigenvalue weighted by Crippen LogP contribution is -2.29. The molecule has 0 radical (unpaired) electrons. The van der Waals surface area contributed by atoms with Gasteiger partial charge in [0, 0.05) is 12.0 Å². The van der Waals surface area contributed by atoms with Crippen molar-refractivity contribution in [2.24, 2.45) is 0 Å². The third-order valence-electron chi connectivity index (χ3n) is 7.90. The molecule has 1 saturated heterocycles. The molecule has 0 saturated carbocycles. The summed E-state index contributed by atoms with van der Waals surface area (Å²) in [4.78, 5) is 33.8. The van der Waals surface area contributed by atoms with Crippen LogP contribution in [0.3, 0.4) is 0 Å². The van der Waals surface area contributed by atoms with Crippen LogP contribution < -0.4 is 19.1 Å². The maximum Gasteiger partial charge on any atom is 0.301 e. The van der Waals surface area contributed by atoms with Gasteiger partial charge in [0.2, 0.25) is 0 Å². The number of rotatable bonds is 8. The number of carbonyl (C=O) groups excluding carboxylic acids is 2.